The van der Waals surface area contributed by atoms with E-state index in [0.717, 1.165) is 18.0 Å². The lowest BCUT2D eigenvalue weighted by molar-refractivity contribution is 0.574. The minimum atomic E-state index is 0.487. The molecule has 2 heteroatoms. The van der Waals surface area contributed by atoms with Crippen LogP contribution >= 0.6 is 11.6 Å². The van der Waals surface area contributed by atoms with Gasteiger partial charge >= 0.3 is 0 Å². The second kappa shape index (κ2) is 6.23. The fourth-order valence-electron chi connectivity index (χ4n) is 2.49. The van der Waals surface area contributed by atoms with Gasteiger partial charge in [0, 0.05) is 11.1 Å². The molecule has 0 saturated heterocycles. The van der Waals surface area contributed by atoms with E-state index < -0.39 is 0 Å². The van der Waals surface area contributed by atoms with Crippen LogP contribution in [0.15, 0.2) is 35.9 Å². The Bertz CT molecular complexity index is 398. The van der Waals surface area contributed by atoms with Crippen LogP contribution in [0.25, 0.3) is 0 Å². The average molecular weight is 250 g/mol. The number of hydrogen-bond acceptors (Lipinski definition) is 1. The van der Waals surface area contributed by atoms with Crippen LogP contribution in [0.2, 0.25) is 5.02 Å². The minimum absolute atomic E-state index is 0.487. The van der Waals surface area contributed by atoms with Gasteiger partial charge < -0.3 is 5.32 Å². The molecule has 0 aromatic heterocycles. The van der Waals surface area contributed by atoms with Crippen LogP contribution in [-0.4, -0.2) is 12.6 Å². The lowest BCUT2D eigenvalue weighted by Crippen LogP contribution is -2.32. The zero-order valence-corrected chi connectivity index (χ0v) is 11.1. The van der Waals surface area contributed by atoms with E-state index in [1.807, 2.05) is 12.1 Å². The molecule has 0 bridgehead atoms. The van der Waals surface area contributed by atoms with Gasteiger partial charge in [-0.05, 0) is 49.9 Å². The lowest BCUT2D eigenvalue weighted by Gasteiger charge is -2.19. The highest BCUT2D eigenvalue weighted by Crippen LogP contribution is 2.23. The highest BCUT2D eigenvalue weighted by molar-refractivity contribution is 6.30. The largest absolute Gasteiger partial charge is 0.310 e. The van der Waals surface area contributed by atoms with Crippen LogP contribution in [0.3, 0.4) is 0 Å². The highest BCUT2D eigenvalue weighted by Gasteiger charge is 2.16. The summed E-state index contributed by atoms with van der Waals surface area (Å²) in [6.45, 7) is 3.18. The predicted molar refractivity (Wildman–Crippen MR) is 74.6 cm³/mol. The zero-order chi connectivity index (χ0) is 12.1. The summed E-state index contributed by atoms with van der Waals surface area (Å²) in [4.78, 5) is 0. The molecular weight excluding hydrogens is 230 g/mol. The van der Waals surface area contributed by atoms with Crippen LogP contribution in [0.4, 0.5) is 0 Å². The standard InChI is InChI=1S/C15H20ClN/c1-2-17-15(13-7-3-4-8-13)11-12-6-5-9-14(16)10-12/h5-7,9-10,15,17H,2-4,8,11H2,1H3. The minimum Gasteiger partial charge on any atom is -0.310 e. The molecule has 92 valence electrons. The van der Waals surface area contributed by atoms with Crippen LogP contribution < -0.4 is 5.32 Å². The fraction of sp³-hybridized carbons (Fsp3) is 0.467. The highest BCUT2D eigenvalue weighted by atomic mass is 35.5. The van der Waals surface area contributed by atoms with Gasteiger partial charge in [-0.3, -0.25) is 0 Å². The molecule has 0 amide bonds. The first-order valence-corrected chi connectivity index (χ1v) is 6.84. The van der Waals surface area contributed by atoms with E-state index in [-0.39, 0.29) is 0 Å². The molecule has 17 heavy (non-hydrogen) atoms. The second-order valence-electron chi connectivity index (χ2n) is 4.62. The Kier molecular flexibility index (Phi) is 4.64. The van der Waals surface area contributed by atoms with Crippen molar-refractivity contribution in [1.82, 2.24) is 5.32 Å². The molecule has 1 aromatic carbocycles. The topological polar surface area (TPSA) is 12.0 Å². The molecule has 0 aliphatic heterocycles. The first-order valence-electron chi connectivity index (χ1n) is 6.46. The average Bonchev–Trinajstić information content (AvgIpc) is 2.82. The maximum Gasteiger partial charge on any atom is 0.0408 e. The van der Waals surface area contributed by atoms with Gasteiger partial charge in [0.15, 0.2) is 0 Å². The quantitative estimate of drug-likeness (QED) is 0.779. The molecular formula is C15H20ClN. The predicted octanol–water partition coefficient (Wildman–Crippen LogP) is 3.97. The maximum atomic E-state index is 6.03. The van der Waals surface area contributed by atoms with Gasteiger partial charge in [-0.1, -0.05) is 42.3 Å². The third kappa shape index (κ3) is 3.58. The van der Waals surface area contributed by atoms with Gasteiger partial charge in [0.2, 0.25) is 0 Å². The van der Waals surface area contributed by atoms with Gasteiger partial charge in [0.1, 0.15) is 0 Å². The fourth-order valence-corrected chi connectivity index (χ4v) is 2.71. The van der Waals surface area contributed by atoms with Gasteiger partial charge in [-0.15, -0.1) is 0 Å². The summed E-state index contributed by atoms with van der Waals surface area (Å²) in [5.41, 5.74) is 2.89. The van der Waals surface area contributed by atoms with E-state index in [2.05, 4.69) is 30.4 Å². The maximum absolute atomic E-state index is 6.03. The smallest absolute Gasteiger partial charge is 0.0408 e. The van der Waals surface area contributed by atoms with Crippen LogP contribution in [0, 0.1) is 0 Å². The van der Waals surface area contributed by atoms with Gasteiger partial charge in [0.05, 0.1) is 0 Å². The Hall–Kier alpha value is -0.790. The van der Waals surface area contributed by atoms with Crippen LogP contribution in [-0.2, 0) is 6.42 Å². The Morgan fingerprint density at radius 3 is 2.94 bits per heavy atom. The lowest BCUT2D eigenvalue weighted by atomic mass is 9.98. The summed E-state index contributed by atoms with van der Waals surface area (Å²) in [5, 5.41) is 4.41. The van der Waals surface area contributed by atoms with Crippen molar-refractivity contribution in [2.45, 2.75) is 38.6 Å². The number of hydrogen-bond donors (Lipinski definition) is 1. The number of halogens is 1. The van der Waals surface area contributed by atoms with Crippen molar-refractivity contribution in [3.63, 3.8) is 0 Å². The van der Waals surface area contributed by atoms with Crippen molar-refractivity contribution < 1.29 is 0 Å². The Morgan fingerprint density at radius 2 is 2.29 bits per heavy atom. The van der Waals surface area contributed by atoms with Crippen molar-refractivity contribution in [1.29, 1.82) is 0 Å². The Labute approximate surface area is 109 Å². The van der Waals surface area contributed by atoms with Gasteiger partial charge in [0.25, 0.3) is 0 Å². The molecule has 2 rings (SSSR count). The summed E-state index contributed by atoms with van der Waals surface area (Å²) in [5.74, 6) is 0. The summed E-state index contributed by atoms with van der Waals surface area (Å²) in [6, 6.07) is 8.68. The SMILES string of the molecule is CCNC(Cc1cccc(Cl)c1)C1=CCCC1. The first-order chi connectivity index (χ1) is 8.29. The first kappa shape index (κ1) is 12.7. The number of nitrogens with one attached hydrogen (secondary N) is 1. The molecule has 1 N–H and O–H groups in total. The number of rotatable bonds is 5. The van der Waals surface area contributed by atoms with Crippen molar-refractivity contribution >= 4 is 11.6 Å². The second-order valence-corrected chi connectivity index (χ2v) is 5.05. The van der Waals surface area contributed by atoms with E-state index in [1.165, 1.54) is 24.8 Å². The molecule has 1 nitrogen and oxygen atoms in total. The molecule has 0 heterocycles. The molecule has 1 aliphatic carbocycles. The molecule has 1 unspecified atom stereocenters. The zero-order valence-electron chi connectivity index (χ0n) is 10.4. The molecule has 0 fully saturated rings. The van der Waals surface area contributed by atoms with Crippen molar-refractivity contribution in [2.75, 3.05) is 6.54 Å². The summed E-state index contributed by atoms with van der Waals surface area (Å²) in [6.07, 6.45) is 7.25. The van der Waals surface area contributed by atoms with Gasteiger partial charge in [-0.2, -0.15) is 0 Å². The normalized spacial score (nSPS) is 16.9. The summed E-state index contributed by atoms with van der Waals surface area (Å²) < 4.78 is 0. The van der Waals surface area contributed by atoms with Crippen molar-refractivity contribution in [2.24, 2.45) is 0 Å². The van der Waals surface area contributed by atoms with E-state index in [4.69, 9.17) is 11.6 Å². The van der Waals surface area contributed by atoms with Crippen molar-refractivity contribution in [3.8, 4) is 0 Å². The molecule has 0 radical (unpaired) electrons. The molecule has 1 aromatic rings. The van der Waals surface area contributed by atoms with Crippen LogP contribution in [0.5, 0.6) is 0 Å². The number of benzene rings is 1. The number of allylic oxidation sites excluding steroid dienone is 1. The summed E-state index contributed by atoms with van der Waals surface area (Å²) in [7, 11) is 0. The van der Waals surface area contributed by atoms with E-state index in [0.29, 0.717) is 6.04 Å². The Morgan fingerprint density at radius 1 is 1.41 bits per heavy atom. The summed E-state index contributed by atoms with van der Waals surface area (Å²) >= 11 is 6.03. The number of likely N-dealkylation sites (N-methyl/N-ethyl adjacent to an activating group) is 1. The van der Waals surface area contributed by atoms with Crippen LogP contribution in [0.1, 0.15) is 31.7 Å². The molecule has 1 atom stereocenters. The molecule has 1 aliphatic rings. The molecule has 0 spiro atoms. The van der Waals surface area contributed by atoms with Crippen molar-refractivity contribution in [3.05, 3.63) is 46.5 Å². The van der Waals surface area contributed by atoms with E-state index in [1.54, 1.807) is 5.57 Å². The van der Waals surface area contributed by atoms with E-state index in [9.17, 15) is 0 Å². The van der Waals surface area contributed by atoms with Gasteiger partial charge in [-0.25, -0.2) is 0 Å². The third-order valence-corrected chi connectivity index (χ3v) is 3.54. The molecule has 0 saturated carbocycles. The van der Waals surface area contributed by atoms with E-state index >= 15 is 0 Å². The third-order valence-electron chi connectivity index (χ3n) is 3.30. The monoisotopic (exact) mass is 249 g/mol. The Balaban J connectivity index is 2.07.